The van der Waals surface area contributed by atoms with E-state index in [2.05, 4.69) is 45.4 Å². The summed E-state index contributed by atoms with van der Waals surface area (Å²) in [5, 5.41) is 16.1. The Morgan fingerprint density at radius 1 is 0.931 bits per heavy atom. The second-order valence-corrected chi connectivity index (χ2v) is 6.77. The van der Waals surface area contributed by atoms with Crippen LogP contribution in [0.15, 0.2) is 61.7 Å². The van der Waals surface area contributed by atoms with E-state index >= 15 is 0 Å². The molecule has 5 heterocycles. The van der Waals surface area contributed by atoms with Crippen LogP contribution in [-0.2, 0) is 0 Å². The van der Waals surface area contributed by atoms with Gasteiger partial charge < -0.3 is 10.2 Å². The van der Waals surface area contributed by atoms with E-state index in [1.54, 1.807) is 35.8 Å². The van der Waals surface area contributed by atoms with Crippen molar-refractivity contribution in [1.82, 2.24) is 39.9 Å². The molecule has 4 aromatic heterocycles. The van der Waals surface area contributed by atoms with E-state index in [0.717, 1.165) is 42.5 Å². The van der Waals surface area contributed by atoms with Gasteiger partial charge in [-0.25, -0.2) is 14.6 Å². The fourth-order valence-electron chi connectivity index (χ4n) is 3.18. The molecule has 29 heavy (non-hydrogen) atoms. The minimum absolute atomic E-state index is 0.508. The Labute approximate surface area is 166 Å². The van der Waals surface area contributed by atoms with Crippen LogP contribution in [0.1, 0.15) is 0 Å². The maximum absolute atomic E-state index is 4.51. The molecule has 0 unspecified atom stereocenters. The summed E-state index contributed by atoms with van der Waals surface area (Å²) in [5.74, 6) is 2.76. The van der Waals surface area contributed by atoms with Crippen molar-refractivity contribution in [2.75, 3.05) is 29.9 Å². The van der Waals surface area contributed by atoms with Crippen molar-refractivity contribution >= 4 is 11.6 Å². The number of nitrogens with zero attached hydrogens (tertiary/aromatic N) is 9. The first-order chi connectivity index (χ1) is 14.3. The summed E-state index contributed by atoms with van der Waals surface area (Å²) in [6.07, 6.45) is 9.93. The summed E-state index contributed by atoms with van der Waals surface area (Å²) < 4.78 is 1.58. The highest BCUT2D eigenvalue weighted by Gasteiger charge is 2.27. The summed E-state index contributed by atoms with van der Waals surface area (Å²) >= 11 is 0. The van der Waals surface area contributed by atoms with Crippen molar-refractivity contribution < 1.29 is 0 Å². The van der Waals surface area contributed by atoms with Gasteiger partial charge in [0.05, 0.1) is 18.1 Å². The molecule has 1 saturated heterocycles. The van der Waals surface area contributed by atoms with Gasteiger partial charge in [-0.3, -0.25) is 9.97 Å². The third-order valence-corrected chi connectivity index (χ3v) is 4.75. The first kappa shape index (κ1) is 17.2. The van der Waals surface area contributed by atoms with Crippen LogP contribution in [0.4, 0.5) is 11.6 Å². The van der Waals surface area contributed by atoms with Crippen LogP contribution < -0.4 is 10.2 Å². The lowest BCUT2D eigenvalue weighted by molar-refractivity contribution is 0.425. The topological polar surface area (TPSA) is 110 Å². The summed E-state index contributed by atoms with van der Waals surface area (Å²) in [6.45, 7) is 2.66. The highest BCUT2D eigenvalue weighted by molar-refractivity contribution is 5.59. The van der Waals surface area contributed by atoms with Crippen LogP contribution in [-0.4, -0.2) is 59.5 Å². The molecule has 4 aromatic rings. The van der Waals surface area contributed by atoms with Crippen molar-refractivity contribution in [3.63, 3.8) is 0 Å². The van der Waals surface area contributed by atoms with Crippen LogP contribution in [0.5, 0.6) is 0 Å². The molecule has 1 aliphatic rings. The molecule has 10 heteroatoms. The van der Waals surface area contributed by atoms with E-state index in [0.29, 0.717) is 11.7 Å². The largest absolute Gasteiger partial charge is 0.368 e. The van der Waals surface area contributed by atoms with Crippen molar-refractivity contribution in [2.24, 2.45) is 5.92 Å². The van der Waals surface area contributed by atoms with Crippen LogP contribution in [0.25, 0.3) is 17.1 Å². The highest BCUT2D eigenvalue weighted by atomic mass is 15.3. The summed E-state index contributed by atoms with van der Waals surface area (Å²) in [6, 6.07) is 7.86. The fourth-order valence-corrected chi connectivity index (χ4v) is 3.18. The predicted molar refractivity (Wildman–Crippen MR) is 106 cm³/mol. The van der Waals surface area contributed by atoms with Gasteiger partial charge in [-0.2, -0.15) is 5.10 Å². The monoisotopic (exact) mass is 386 g/mol. The Morgan fingerprint density at radius 3 is 2.59 bits per heavy atom. The molecule has 5 rings (SSSR count). The first-order valence-corrected chi connectivity index (χ1v) is 9.25. The third kappa shape index (κ3) is 3.72. The Hall–Kier alpha value is -3.95. The molecule has 1 N–H and O–H groups in total. The van der Waals surface area contributed by atoms with Gasteiger partial charge in [0.1, 0.15) is 18.5 Å². The van der Waals surface area contributed by atoms with Gasteiger partial charge >= 0.3 is 0 Å². The summed E-state index contributed by atoms with van der Waals surface area (Å²) in [7, 11) is 0. The molecular weight excluding hydrogens is 368 g/mol. The van der Waals surface area contributed by atoms with Crippen LogP contribution >= 0.6 is 0 Å². The van der Waals surface area contributed by atoms with Crippen LogP contribution in [0, 0.1) is 5.92 Å². The zero-order chi connectivity index (χ0) is 19.5. The van der Waals surface area contributed by atoms with Gasteiger partial charge in [-0.15, -0.1) is 10.2 Å². The van der Waals surface area contributed by atoms with Crippen molar-refractivity contribution in [3.8, 4) is 17.1 Å². The quantitative estimate of drug-likeness (QED) is 0.526. The van der Waals surface area contributed by atoms with E-state index in [1.165, 1.54) is 6.33 Å². The van der Waals surface area contributed by atoms with E-state index in [4.69, 9.17) is 0 Å². The summed E-state index contributed by atoms with van der Waals surface area (Å²) in [5.41, 5.74) is 1.86. The van der Waals surface area contributed by atoms with Gasteiger partial charge in [-0.1, -0.05) is 0 Å². The molecule has 144 valence electrons. The van der Waals surface area contributed by atoms with Crippen LogP contribution in [0.3, 0.4) is 0 Å². The molecule has 0 aromatic carbocycles. The lowest BCUT2D eigenvalue weighted by atomic mass is 10.0. The lowest BCUT2D eigenvalue weighted by Gasteiger charge is -2.40. The van der Waals surface area contributed by atoms with Crippen molar-refractivity contribution in [2.45, 2.75) is 0 Å². The molecule has 0 aliphatic carbocycles. The molecule has 0 saturated carbocycles. The van der Waals surface area contributed by atoms with Gasteiger partial charge in [0.15, 0.2) is 11.6 Å². The minimum Gasteiger partial charge on any atom is -0.368 e. The van der Waals surface area contributed by atoms with E-state index < -0.39 is 0 Å². The lowest BCUT2D eigenvalue weighted by Crippen LogP contribution is -2.50. The van der Waals surface area contributed by atoms with Gasteiger partial charge in [0, 0.05) is 43.5 Å². The van der Waals surface area contributed by atoms with Crippen molar-refractivity contribution in [1.29, 1.82) is 0 Å². The number of nitrogens with one attached hydrogen (secondary N) is 1. The first-order valence-electron chi connectivity index (χ1n) is 9.25. The fraction of sp³-hybridized carbons (Fsp3) is 0.211. The average Bonchev–Trinajstić information content (AvgIpc) is 3.29. The summed E-state index contributed by atoms with van der Waals surface area (Å²) in [4.78, 5) is 18.9. The molecule has 1 aliphatic heterocycles. The Bertz CT molecular complexity index is 1060. The van der Waals surface area contributed by atoms with Crippen molar-refractivity contribution in [3.05, 3.63) is 61.7 Å². The molecule has 0 spiro atoms. The van der Waals surface area contributed by atoms with E-state index in [9.17, 15) is 0 Å². The number of pyridine rings is 1. The molecule has 0 radical (unpaired) electrons. The molecule has 0 atom stereocenters. The molecule has 0 bridgehead atoms. The Kier molecular flexibility index (Phi) is 4.49. The third-order valence-electron chi connectivity index (χ3n) is 4.75. The number of anilines is 2. The second-order valence-electron chi connectivity index (χ2n) is 6.77. The predicted octanol–water partition coefficient (Wildman–Crippen LogP) is 1.46. The maximum Gasteiger partial charge on any atom is 0.175 e. The van der Waals surface area contributed by atoms with E-state index in [1.807, 2.05) is 24.3 Å². The zero-order valence-electron chi connectivity index (χ0n) is 15.5. The van der Waals surface area contributed by atoms with Gasteiger partial charge in [-0.05, 0) is 24.3 Å². The second kappa shape index (κ2) is 7.58. The van der Waals surface area contributed by atoms with Crippen LogP contribution in [0.2, 0.25) is 0 Å². The standard InChI is InChI=1S/C19H18N10/c1-2-18(27-26-16(1)15-3-5-20-6-4-15)28-10-14(11-28)7-23-17-8-21-9-19(25-17)29-13-22-12-24-29/h1-6,8-9,12-14H,7,10-11H2,(H,23,25). The van der Waals surface area contributed by atoms with Gasteiger partial charge in [0.25, 0.3) is 0 Å². The zero-order valence-corrected chi connectivity index (χ0v) is 15.5. The number of aromatic nitrogens is 8. The average molecular weight is 386 g/mol. The number of hydrogen-bond acceptors (Lipinski definition) is 9. The maximum atomic E-state index is 4.51. The molecule has 0 amide bonds. The Balaban J connectivity index is 1.14. The molecular formula is C19H18N10. The smallest absolute Gasteiger partial charge is 0.175 e. The molecule has 10 nitrogen and oxygen atoms in total. The molecule has 1 fully saturated rings. The van der Waals surface area contributed by atoms with E-state index in [-0.39, 0.29) is 0 Å². The highest BCUT2D eigenvalue weighted by Crippen LogP contribution is 2.24. The normalized spacial score (nSPS) is 13.9. The minimum atomic E-state index is 0.508. The number of rotatable bonds is 6. The SMILES string of the molecule is c1cc(-c2ccc(N3CC(CNc4cncc(-n5cncn5)n4)C3)nn2)ccn1. The number of hydrogen-bond donors (Lipinski definition) is 1. The Morgan fingerprint density at radius 2 is 1.83 bits per heavy atom. The van der Waals surface area contributed by atoms with Gasteiger partial charge in [0.2, 0.25) is 0 Å².